The van der Waals surface area contributed by atoms with E-state index in [-0.39, 0.29) is 24.5 Å². The number of esters is 1. The smallest absolute Gasteiger partial charge is 0.341 e. The maximum atomic E-state index is 12.8. The molecule has 172 valence electrons. The lowest BCUT2D eigenvalue weighted by Crippen LogP contribution is -2.21. The molecule has 0 unspecified atom stereocenters. The van der Waals surface area contributed by atoms with Gasteiger partial charge in [0.25, 0.3) is 11.6 Å². The fourth-order valence-electron chi connectivity index (χ4n) is 3.15. The number of aryl methyl sites for hydroxylation is 2. The summed E-state index contributed by atoms with van der Waals surface area (Å²) in [6.45, 7) is 5.19. The molecule has 0 bridgehead atoms. The van der Waals surface area contributed by atoms with Gasteiger partial charge < -0.3 is 14.8 Å². The molecule has 3 aromatic rings. The molecule has 10 heteroatoms. The van der Waals surface area contributed by atoms with Gasteiger partial charge in [-0.3, -0.25) is 14.9 Å². The molecule has 0 saturated carbocycles. The number of benzene rings is 2. The number of rotatable bonds is 8. The third-order valence-corrected chi connectivity index (χ3v) is 6.13. The maximum absolute atomic E-state index is 12.8. The van der Waals surface area contributed by atoms with Crippen LogP contribution >= 0.6 is 22.9 Å². The third kappa shape index (κ3) is 5.68. The Kier molecular flexibility index (Phi) is 7.67. The second-order valence-corrected chi connectivity index (χ2v) is 8.64. The summed E-state index contributed by atoms with van der Waals surface area (Å²) in [6.07, 6.45) is 0. The Morgan fingerprint density at radius 3 is 2.45 bits per heavy atom. The molecule has 2 aromatic carbocycles. The van der Waals surface area contributed by atoms with Crippen LogP contribution in [0.5, 0.6) is 5.75 Å². The number of thiophene rings is 1. The van der Waals surface area contributed by atoms with Crippen molar-refractivity contribution in [3.63, 3.8) is 0 Å². The van der Waals surface area contributed by atoms with Crippen LogP contribution in [-0.4, -0.2) is 30.0 Å². The normalized spacial score (nSPS) is 10.5. The van der Waals surface area contributed by atoms with Gasteiger partial charge in [0.2, 0.25) is 0 Å². The highest BCUT2D eigenvalue weighted by Gasteiger charge is 2.26. The van der Waals surface area contributed by atoms with Crippen molar-refractivity contribution in [1.29, 1.82) is 0 Å². The largest absolute Gasteiger partial charge is 0.484 e. The average Bonchev–Trinajstić information content (AvgIpc) is 3.10. The van der Waals surface area contributed by atoms with Crippen LogP contribution in [0.2, 0.25) is 5.02 Å². The van der Waals surface area contributed by atoms with Crippen molar-refractivity contribution in [3.8, 4) is 16.9 Å². The van der Waals surface area contributed by atoms with Crippen LogP contribution in [0.15, 0.2) is 42.5 Å². The van der Waals surface area contributed by atoms with E-state index in [4.69, 9.17) is 21.1 Å². The van der Waals surface area contributed by atoms with Crippen molar-refractivity contribution >= 4 is 45.5 Å². The van der Waals surface area contributed by atoms with Gasteiger partial charge in [0, 0.05) is 27.6 Å². The molecular formula is C23H21ClN2O6S. The molecule has 3 rings (SSSR count). The number of halogens is 1. The number of hydrogen-bond acceptors (Lipinski definition) is 7. The number of nitro benzene ring substituents is 1. The number of carbonyl (C=O) groups excluding carboxylic acids is 2. The second kappa shape index (κ2) is 10.5. The predicted octanol–water partition coefficient (Wildman–Crippen LogP) is 5.79. The quantitative estimate of drug-likeness (QED) is 0.244. The fraction of sp³-hybridized carbons (Fsp3) is 0.217. The first-order valence-corrected chi connectivity index (χ1v) is 11.1. The Hall–Kier alpha value is -3.43. The van der Waals surface area contributed by atoms with E-state index >= 15 is 0 Å². The number of hydrogen-bond donors (Lipinski definition) is 1. The number of anilines is 1. The Balaban J connectivity index is 1.87. The highest BCUT2D eigenvalue weighted by molar-refractivity contribution is 7.17. The summed E-state index contributed by atoms with van der Waals surface area (Å²) in [5.74, 6) is -0.559. The van der Waals surface area contributed by atoms with E-state index in [1.165, 1.54) is 23.5 Å². The number of nitro groups is 1. The SMILES string of the molecule is CCOC(=O)c1c(NC(=O)COc2ccc(Cl)c(C)c2)sc(C)c1-c1ccc([N+](=O)[O-])cc1. The molecular weight excluding hydrogens is 468 g/mol. The molecule has 1 heterocycles. The van der Waals surface area contributed by atoms with Crippen molar-refractivity contribution in [3.05, 3.63) is 73.6 Å². The molecule has 8 nitrogen and oxygen atoms in total. The van der Waals surface area contributed by atoms with Crippen molar-refractivity contribution in [2.24, 2.45) is 0 Å². The summed E-state index contributed by atoms with van der Waals surface area (Å²) >= 11 is 7.22. The van der Waals surface area contributed by atoms with Gasteiger partial charge in [-0.05, 0) is 62.2 Å². The van der Waals surface area contributed by atoms with Gasteiger partial charge in [0.15, 0.2) is 6.61 Å². The van der Waals surface area contributed by atoms with Crippen molar-refractivity contribution in [1.82, 2.24) is 0 Å². The first-order chi connectivity index (χ1) is 15.7. The summed E-state index contributed by atoms with van der Waals surface area (Å²) in [4.78, 5) is 36.5. The average molecular weight is 489 g/mol. The Morgan fingerprint density at radius 1 is 1.15 bits per heavy atom. The lowest BCUT2D eigenvalue weighted by molar-refractivity contribution is -0.384. The number of amides is 1. The first-order valence-electron chi connectivity index (χ1n) is 9.95. The molecule has 0 spiro atoms. The zero-order valence-corrected chi connectivity index (χ0v) is 19.7. The fourth-order valence-corrected chi connectivity index (χ4v) is 4.34. The maximum Gasteiger partial charge on any atom is 0.341 e. The van der Waals surface area contributed by atoms with Crippen molar-refractivity contribution < 1.29 is 24.0 Å². The van der Waals surface area contributed by atoms with E-state index in [1.54, 1.807) is 44.2 Å². The second-order valence-electron chi connectivity index (χ2n) is 7.01. The molecule has 0 radical (unpaired) electrons. The highest BCUT2D eigenvalue weighted by Crippen LogP contribution is 2.40. The van der Waals surface area contributed by atoms with Crippen molar-refractivity contribution in [2.75, 3.05) is 18.5 Å². The van der Waals surface area contributed by atoms with Gasteiger partial charge in [-0.2, -0.15) is 0 Å². The van der Waals surface area contributed by atoms with E-state index in [0.29, 0.717) is 26.9 Å². The molecule has 0 atom stereocenters. The van der Waals surface area contributed by atoms with Crippen LogP contribution in [0.25, 0.3) is 11.1 Å². The number of carbonyl (C=O) groups is 2. The summed E-state index contributed by atoms with van der Waals surface area (Å²) in [7, 11) is 0. The lowest BCUT2D eigenvalue weighted by atomic mass is 10.0. The van der Waals surface area contributed by atoms with Gasteiger partial charge in [0.05, 0.1) is 11.5 Å². The van der Waals surface area contributed by atoms with Gasteiger partial charge >= 0.3 is 5.97 Å². The molecule has 0 saturated heterocycles. The van der Waals surface area contributed by atoms with E-state index in [2.05, 4.69) is 5.32 Å². The standard InChI is InChI=1S/C23H21ClN2O6S/c1-4-31-23(28)21-20(15-5-7-16(8-6-15)26(29)30)14(3)33-22(21)25-19(27)12-32-17-9-10-18(24)13(2)11-17/h5-11H,4,12H2,1-3H3,(H,25,27). The summed E-state index contributed by atoms with van der Waals surface area (Å²) in [5.41, 5.74) is 2.11. The van der Waals surface area contributed by atoms with Crippen LogP contribution in [0.1, 0.15) is 27.7 Å². The molecule has 0 aliphatic carbocycles. The molecule has 0 aliphatic heterocycles. The van der Waals surface area contributed by atoms with Crippen LogP contribution in [0, 0.1) is 24.0 Å². The minimum atomic E-state index is -0.597. The first kappa shape index (κ1) is 24.2. The number of ether oxygens (including phenoxy) is 2. The van der Waals surface area contributed by atoms with Gasteiger partial charge in [0.1, 0.15) is 16.3 Å². The number of non-ortho nitro benzene ring substituents is 1. The lowest BCUT2D eigenvalue weighted by Gasteiger charge is -2.10. The minimum absolute atomic E-state index is 0.0626. The van der Waals surface area contributed by atoms with Crippen molar-refractivity contribution in [2.45, 2.75) is 20.8 Å². The molecule has 1 N–H and O–H groups in total. The molecule has 33 heavy (non-hydrogen) atoms. The summed E-state index contributed by atoms with van der Waals surface area (Å²) in [5, 5.41) is 14.6. The van der Waals surface area contributed by atoms with Gasteiger partial charge in [-0.25, -0.2) is 4.79 Å². The third-order valence-electron chi connectivity index (χ3n) is 4.68. The van der Waals surface area contributed by atoms with Gasteiger partial charge in [-0.15, -0.1) is 11.3 Å². The topological polar surface area (TPSA) is 108 Å². The van der Waals surface area contributed by atoms with Crippen LogP contribution in [0.4, 0.5) is 10.7 Å². The Bertz CT molecular complexity index is 1210. The molecule has 0 aliphatic rings. The van der Waals surface area contributed by atoms with E-state index in [9.17, 15) is 19.7 Å². The monoisotopic (exact) mass is 488 g/mol. The van der Waals surface area contributed by atoms with Crippen LogP contribution in [0.3, 0.4) is 0 Å². The molecule has 1 amide bonds. The predicted molar refractivity (Wildman–Crippen MR) is 127 cm³/mol. The number of nitrogens with zero attached hydrogens (tertiary/aromatic N) is 1. The highest BCUT2D eigenvalue weighted by atomic mass is 35.5. The van der Waals surface area contributed by atoms with E-state index in [0.717, 1.165) is 10.4 Å². The minimum Gasteiger partial charge on any atom is -0.484 e. The Labute approximate surface area is 199 Å². The van der Waals surface area contributed by atoms with Crippen LogP contribution < -0.4 is 10.1 Å². The molecule has 0 fully saturated rings. The number of nitrogens with one attached hydrogen (secondary N) is 1. The van der Waals surface area contributed by atoms with E-state index in [1.807, 2.05) is 6.92 Å². The zero-order chi connectivity index (χ0) is 24.1. The van der Waals surface area contributed by atoms with Crippen LogP contribution in [-0.2, 0) is 9.53 Å². The zero-order valence-electron chi connectivity index (χ0n) is 18.1. The summed E-state index contributed by atoms with van der Waals surface area (Å²) < 4.78 is 10.7. The molecule has 1 aromatic heterocycles. The Morgan fingerprint density at radius 2 is 1.85 bits per heavy atom. The van der Waals surface area contributed by atoms with E-state index < -0.39 is 16.8 Å². The summed E-state index contributed by atoms with van der Waals surface area (Å²) in [6, 6.07) is 10.9. The van der Waals surface area contributed by atoms with Gasteiger partial charge in [-0.1, -0.05) is 11.6 Å².